The van der Waals surface area contributed by atoms with E-state index in [1.807, 2.05) is 6.07 Å². The predicted molar refractivity (Wildman–Crippen MR) is 93.8 cm³/mol. The zero-order chi connectivity index (χ0) is 18.0. The van der Waals surface area contributed by atoms with Crippen molar-refractivity contribution in [3.63, 3.8) is 0 Å². The Kier molecular flexibility index (Phi) is 4.46. The summed E-state index contributed by atoms with van der Waals surface area (Å²) >= 11 is 6.08. The zero-order valence-corrected chi connectivity index (χ0v) is 13.8. The molecule has 3 N–H and O–H groups in total. The van der Waals surface area contributed by atoms with Crippen molar-refractivity contribution in [1.82, 2.24) is 0 Å². The first kappa shape index (κ1) is 17.0. The van der Waals surface area contributed by atoms with Gasteiger partial charge < -0.3 is 15.7 Å². The van der Waals surface area contributed by atoms with Gasteiger partial charge in [0.1, 0.15) is 5.41 Å². The lowest BCUT2D eigenvalue weighted by molar-refractivity contribution is -0.147. The Bertz CT molecular complexity index is 847. The van der Waals surface area contributed by atoms with Gasteiger partial charge in [0.05, 0.1) is 10.6 Å². The Morgan fingerprint density at radius 2 is 1.64 bits per heavy atom. The maximum atomic E-state index is 12.4. The van der Waals surface area contributed by atoms with Crippen LogP contribution in [0.3, 0.4) is 0 Å². The molecule has 7 heteroatoms. The van der Waals surface area contributed by atoms with Crippen molar-refractivity contribution in [1.29, 1.82) is 0 Å². The number of anilines is 2. The standard InChI is InChI=1S/C18H15ClN2O4/c19-14-7-6-12(21-16(23)18(8-9-18)17(24)25)10-13(14)15(22)20-11-4-2-1-3-5-11/h1-7,10H,8-9H2,(H,20,22)(H,21,23)(H,24,25). The van der Waals surface area contributed by atoms with Crippen LogP contribution in [0.15, 0.2) is 48.5 Å². The van der Waals surface area contributed by atoms with E-state index in [1.165, 1.54) is 18.2 Å². The van der Waals surface area contributed by atoms with Gasteiger partial charge in [0.15, 0.2) is 0 Å². The van der Waals surface area contributed by atoms with Gasteiger partial charge in [0.25, 0.3) is 5.91 Å². The van der Waals surface area contributed by atoms with Gasteiger partial charge in [0, 0.05) is 11.4 Å². The normalized spacial score (nSPS) is 14.4. The van der Waals surface area contributed by atoms with E-state index in [-0.39, 0.29) is 10.6 Å². The fourth-order valence-corrected chi connectivity index (χ4v) is 2.61. The number of nitrogens with one attached hydrogen (secondary N) is 2. The molecule has 0 heterocycles. The number of carbonyl (C=O) groups excluding carboxylic acids is 2. The number of carbonyl (C=O) groups is 3. The van der Waals surface area contributed by atoms with Crippen LogP contribution in [0.25, 0.3) is 0 Å². The van der Waals surface area contributed by atoms with Crippen LogP contribution in [-0.2, 0) is 9.59 Å². The molecule has 0 spiro atoms. The molecule has 0 atom stereocenters. The van der Waals surface area contributed by atoms with Crippen molar-refractivity contribution in [3.8, 4) is 0 Å². The lowest BCUT2D eigenvalue weighted by Crippen LogP contribution is -2.31. The van der Waals surface area contributed by atoms with Crippen LogP contribution < -0.4 is 10.6 Å². The molecule has 0 unspecified atom stereocenters. The zero-order valence-electron chi connectivity index (χ0n) is 13.1. The highest BCUT2D eigenvalue weighted by Crippen LogP contribution is 2.46. The number of rotatable bonds is 5. The number of hydrogen-bond donors (Lipinski definition) is 3. The number of amides is 2. The second-order valence-electron chi connectivity index (χ2n) is 5.86. The van der Waals surface area contributed by atoms with Crippen LogP contribution in [0.5, 0.6) is 0 Å². The quantitative estimate of drug-likeness (QED) is 0.714. The van der Waals surface area contributed by atoms with Gasteiger partial charge in [-0.3, -0.25) is 14.4 Å². The maximum absolute atomic E-state index is 12.4. The highest BCUT2D eigenvalue weighted by molar-refractivity contribution is 6.34. The molecule has 25 heavy (non-hydrogen) atoms. The molecule has 2 aromatic rings. The number of halogens is 1. The monoisotopic (exact) mass is 358 g/mol. The number of benzene rings is 2. The predicted octanol–water partition coefficient (Wildman–Crippen LogP) is 3.40. The Morgan fingerprint density at radius 1 is 0.960 bits per heavy atom. The molecule has 128 valence electrons. The summed E-state index contributed by atoms with van der Waals surface area (Å²) in [5, 5.41) is 14.6. The van der Waals surface area contributed by atoms with Gasteiger partial charge in [0.2, 0.25) is 5.91 Å². The summed E-state index contributed by atoms with van der Waals surface area (Å²) in [5.41, 5.74) is -0.240. The van der Waals surface area contributed by atoms with Crippen LogP contribution in [0.4, 0.5) is 11.4 Å². The first-order valence-electron chi connectivity index (χ1n) is 7.63. The highest BCUT2D eigenvalue weighted by Gasteiger charge is 2.57. The van der Waals surface area contributed by atoms with Crippen molar-refractivity contribution in [2.75, 3.05) is 10.6 Å². The van der Waals surface area contributed by atoms with Crippen LogP contribution in [0.1, 0.15) is 23.2 Å². The van der Waals surface area contributed by atoms with Gasteiger partial charge in [-0.1, -0.05) is 29.8 Å². The Morgan fingerprint density at radius 3 is 2.24 bits per heavy atom. The fourth-order valence-electron chi connectivity index (χ4n) is 2.41. The molecule has 3 rings (SSSR count). The molecular weight excluding hydrogens is 344 g/mol. The molecule has 1 saturated carbocycles. The molecule has 0 bridgehead atoms. The molecule has 0 saturated heterocycles. The summed E-state index contributed by atoms with van der Waals surface area (Å²) in [6.07, 6.45) is 0.617. The van der Waals surface area contributed by atoms with E-state index in [0.717, 1.165) is 0 Å². The number of carboxylic acids is 1. The number of hydrogen-bond acceptors (Lipinski definition) is 3. The molecule has 1 aliphatic carbocycles. The highest BCUT2D eigenvalue weighted by atomic mass is 35.5. The molecule has 2 amide bonds. The number of carboxylic acid groups (broad SMARTS) is 1. The fraction of sp³-hybridized carbons (Fsp3) is 0.167. The minimum absolute atomic E-state index is 0.184. The summed E-state index contributed by atoms with van der Waals surface area (Å²) in [6.45, 7) is 0. The summed E-state index contributed by atoms with van der Waals surface area (Å²) < 4.78 is 0. The molecular formula is C18H15ClN2O4. The van der Waals surface area contributed by atoms with E-state index in [2.05, 4.69) is 10.6 Å². The van der Waals surface area contributed by atoms with E-state index >= 15 is 0 Å². The lowest BCUT2D eigenvalue weighted by Gasteiger charge is -2.13. The first-order chi connectivity index (χ1) is 11.9. The molecule has 2 aromatic carbocycles. The molecule has 0 radical (unpaired) electrons. The Hall–Kier alpha value is -2.86. The third-order valence-corrected chi connectivity index (χ3v) is 4.42. The third kappa shape index (κ3) is 3.49. The van der Waals surface area contributed by atoms with Crippen LogP contribution >= 0.6 is 11.6 Å². The van der Waals surface area contributed by atoms with Crippen molar-refractivity contribution >= 4 is 40.8 Å². The van der Waals surface area contributed by atoms with Gasteiger partial charge >= 0.3 is 5.97 Å². The third-order valence-electron chi connectivity index (χ3n) is 4.09. The average molecular weight is 359 g/mol. The van der Waals surface area contributed by atoms with Crippen molar-refractivity contribution in [2.24, 2.45) is 5.41 Å². The van der Waals surface area contributed by atoms with Crippen molar-refractivity contribution in [2.45, 2.75) is 12.8 Å². The second kappa shape index (κ2) is 6.57. The molecule has 1 fully saturated rings. The largest absolute Gasteiger partial charge is 0.480 e. The van der Waals surface area contributed by atoms with E-state index in [9.17, 15) is 14.4 Å². The van der Waals surface area contributed by atoms with Crippen molar-refractivity contribution < 1.29 is 19.5 Å². The topological polar surface area (TPSA) is 95.5 Å². The summed E-state index contributed by atoms with van der Waals surface area (Å²) in [5.74, 6) is -2.15. The molecule has 1 aliphatic rings. The maximum Gasteiger partial charge on any atom is 0.319 e. The molecule has 6 nitrogen and oxygen atoms in total. The van der Waals surface area contributed by atoms with E-state index in [0.29, 0.717) is 24.2 Å². The van der Waals surface area contributed by atoms with Crippen LogP contribution in [-0.4, -0.2) is 22.9 Å². The minimum Gasteiger partial charge on any atom is -0.480 e. The van der Waals surface area contributed by atoms with Gasteiger partial charge in [-0.15, -0.1) is 0 Å². The van der Waals surface area contributed by atoms with Gasteiger partial charge in [-0.25, -0.2) is 0 Å². The van der Waals surface area contributed by atoms with Crippen LogP contribution in [0.2, 0.25) is 5.02 Å². The minimum atomic E-state index is -1.36. The van der Waals surface area contributed by atoms with E-state index in [4.69, 9.17) is 16.7 Å². The van der Waals surface area contributed by atoms with E-state index in [1.54, 1.807) is 24.3 Å². The van der Waals surface area contributed by atoms with E-state index < -0.39 is 23.2 Å². The van der Waals surface area contributed by atoms with Crippen molar-refractivity contribution in [3.05, 3.63) is 59.1 Å². The number of aliphatic carboxylic acids is 1. The van der Waals surface area contributed by atoms with Gasteiger partial charge in [-0.2, -0.15) is 0 Å². The second-order valence-corrected chi connectivity index (χ2v) is 6.26. The van der Waals surface area contributed by atoms with Crippen LogP contribution in [0, 0.1) is 5.41 Å². The van der Waals surface area contributed by atoms with Gasteiger partial charge in [-0.05, 0) is 43.2 Å². The first-order valence-corrected chi connectivity index (χ1v) is 8.01. The Balaban J connectivity index is 1.78. The summed E-state index contributed by atoms with van der Waals surface area (Å²) in [6, 6.07) is 13.3. The number of para-hydroxylation sites is 1. The molecule has 0 aromatic heterocycles. The summed E-state index contributed by atoms with van der Waals surface area (Å²) in [7, 11) is 0. The summed E-state index contributed by atoms with van der Waals surface area (Å²) in [4.78, 5) is 35.8. The lowest BCUT2D eigenvalue weighted by atomic mass is 10.1. The average Bonchev–Trinajstić information content (AvgIpc) is 3.39. The Labute approximate surface area is 148 Å². The SMILES string of the molecule is O=C(Nc1ccccc1)c1cc(NC(=O)C2(C(=O)O)CC2)ccc1Cl. The molecule has 0 aliphatic heterocycles. The smallest absolute Gasteiger partial charge is 0.319 e.